The van der Waals surface area contributed by atoms with Gasteiger partial charge in [-0.05, 0) is 31.2 Å². The van der Waals surface area contributed by atoms with Gasteiger partial charge < -0.3 is 5.32 Å². The van der Waals surface area contributed by atoms with Crippen molar-refractivity contribution in [2.75, 3.05) is 39.3 Å². The van der Waals surface area contributed by atoms with E-state index in [1.54, 1.807) is 0 Å². The Kier molecular flexibility index (Phi) is 3.18. The molecule has 3 aliphatic rings. The fourth-order valence-electron chi connectivity index (χ4n) is 3.69. The normalized spacial score (nSPS) is 36.0. The number of nitrogens with one attached hydrogen (secondary N) is 1. The second-order valence-corrected chi connectivity index (χ2v) is 6.77. The molecule has 1 unspecified atom stereocenters. The summed E-state index contributed by atoms with van der Waals surface area (Å²) in [5.74, 6) is 0. The van der Waals surface area contributed by atoms with E-state index >= 15 is 0 Å². The van der Waals surface area contributed by atoms with Crippen molar-refractivity contribution in [2.24, 2.45) is 5.41 Å². The van der Waals surface area contributed by atoms with Gasteiger partial charge in [-0.25, -0.2) is 0 Å². The molecular weight excluding hydrogens is 210 g/mol. The molecule has 3 nitrogen and oxygen atoms in total. The molecule has 17 heavy (non-hydrogen) atoms. The van der Waals surface area contributed by atoms with Crippen molar-refractivity contribution >= 4 is 0 Å². The average molecular weight is 237 g/mol. The van der Waals surface area contributed by atoms with Gasteiger partial charge in [-0.15, -0.1) is 0 Å². The van der Waals surface area contributed by atoms with Crippen molar-refractivity contribution in [1.82, 2.24) is 15.1 Å². The van der Waals surface area contributed by atoms with Crippen molar-refractivity contribution in [3.05, 3.63) is 0 Å². The van der Waals surface area contributed by atoms with Crippen molar-refractivity contribution in [3.63, 3.8) is 0 Å². The largest absolute Gasteiger partial charge is 0.316 e. The maximum Gasteiger partial charge on any atom is 0.0172 e. The second kappa shape index (κ2) is 4.52. The SMILES string of the molecule is CC1(C)CNCCC1N1CCN(C2CC2)CC1. The zero-order valence-electron chi connectivity index (χ0n) is 11.4. The first-order valence-electron chi connectivity index (χ1n) is 7.36. The molecule has 0 bridgehead atoms. The minimum absolute atomic E-state index is 0.444. The molecule has 3 heteroatoms. The molecule has 1 N–H and O–H groups in total. The molecule has 98 valence electrons. The van der Waals surface area contributed by atoms with E-state index in [1.165, 1.54) is 58.5 Å². The summed E-state index contributed by atoms with van der Waals surface area (Å²) in [7, 11) is 0. The predicted octanol–water partition coefficient (Wildman–Crippen LogP) is 1.15. The Morgan fingerprint density at radius 1 is 0.941 bits per heavy atom. The first kappa shape index (κ1) is 11.9. The zero-order chi connectivity index (χ0) is 11.9. The maximum absolute atomic E-state index is 3.54. The molecule has 0 spiro atoms. The van der Waals surface area contributed by atoms with Gasteiger partial charge in [-0.1, -0.05) is 13.8 Å². The highest BCUT2D eigenvalue weighted by molar-refractivity contribution is 4.95. The lowest BCUT2D eigenvalue weighted by atomic mass is 9.79. The molecule has 1 saturated carbocycles. The van der Waals surface area contributed by atoms with Crippen molar-refractivity contribution in [1.29, 1.82) is 0 Å². The van der Waals surface area contributed by atoms with Crippen LogP contribution in [-0.4, -0.2) is 61.2 Å². The molecule has 0 aromatic carbocycles. The summed E-state index contributed by atoms with van der Waals surface area (Å²) in [6.45, 7) is 12.5. The van der Waals surface area contributed by atoms with Crippen LogP contribution in [0.2, 0.25) is 0 Å². The van der Waals surface area contributed by atoms with Gasteiger partial charge in [0.2, 0.25) is 0 Å². The van der Waals surface area contributed by atoms with Crippen LogP contribution in [0.5, 0.6) is 0 Å². The number of piperazine rings is 1. The summed E-state index contributed by atoms with van der Waals surface area (Å²) in [6.07, 6.45) is 4.24. The fraction of sp³-hybridized carbons (Fsp3) is 1.00. The topological polar surface area (TPSA) is 18.5 Å². The van der Waals surface area contributed by atoms with Gasteiger partial charge in [0.15, 0.2) is 0 Å². The van der Waals surface area contributed by atoms with E-state index in [0.717, 1.165) is 12.1 Å². The van der Waals surface area contributed by atoms with Crippen LogP contribution in [0, 0.1) is 5.41 Å². The lowest BCUT2D eigenvalue weighted by Gasteiger charge is -2.48. The van der Waals surface area contributed by atoms with E-state index in [1.807, 2.05) is 0 Å². The third-order valence-corrected chi connectivity index (χ3v) is 4.93. The van der Waals surface area contributed by atoms with Crippen LogP contribution in [0.4, 0.5) is 0 Å². The van der Waals surface area contributed by atoms with Gasteiger partial charge >= 0.3 is 0 Å². The van der Waals surface area contributed by atoms with E-state index in [9.17, 15) is 0 Å². The summed E-state index contributed by atoms with van der Waals surface area (Å²) in [4.78, 5) is 5.48. The summed E-state index contributed by atoms with van der Waals surface area (Å²) < 4.78 is 0. The van der Waals surface area contributed by atoms with E-state index in [-0.39, 0.29) is 0 Å². The second-order valence-electron chi connectivity index (χ2n) is 6.77. The van der Waals surface area contributed by atoms with E-state index in [0.29, 0.717) is 5.41 Å². The Morgan fingerprint density at radius 2 is 1.59 bits per heavy atom. The van der Waals surface area contributed by atoms with Gasteiger partial charge in [0.25, 0.3) is 0 Å². The fourth-order valence-corrected chi connectivity index (χ4v) is 3.69. The molecule has 0 aromatic rings. The monoisotopic (exact) mass is 237 g/mol. The molecule has 2 saturated heterocycles. The van der Waals surface area contributed by atoms with Gasteiger partial charge in [0, 0.05) is 44.8 Å². The highest BCUT2D eigenvalue weighted by atomic mass is 15.3. The van der Waals surface area contributed by atoms with E-state index in [2.05, 4.69) is 29.0 Å². The molecule has 1 atom stereocenters. The highest BCUT2D eigenvalue weighted by Gasteiger charge is 2.39. The number of rotatable bonds is 2. The number of hydrogen-bond donors (Lipinski definition) is 1. The van der Waals surface area contributed by atoms with Gasteiger partial charge in [-0.3, -0.25) is 9.80 Å². The van der Waals surface area contributed by atoms with E-state index in [4.69, 9.17) is 0 Å². The molecule has 0 radical (unpaired) electrons. The average Bonchev–Trinajstić information content (AvgIpc) is 3.13. The third-order valence-electron chi connectivity index (χ3n) is 4.93. The molecule has 1 aliphatic carbocycles. The molecule has 0 aromatic heterocycles. The first-order chi connectivity index (χ1) is 8.17. The molecule has 2 heterocycles. The first-order valence-corrected chi connectivity index (χ1v) is 7.36. The summed E-state index contributed by atoms with van der Waals surface area (Å²) in [5.41, 5.74) is 0.444. The highest BCUT2D eigenvalue weighted by Crippen LogP contribution is 2.32. The van der Waals surface area contributed by atoms with Crippen molar-refractivity contribution < 1.29 is 0 Å². The summed E-state index contributed by atoms with van der Waals surface area (Å²) >= 11 is 0. The lowest BCUT2D eigenvalue weighted by molar-refractivity contribution is 0.0191. The summed E-state index contributed by atoms with van der Waals surface area (Å²) in [6, 6.07) is 1.75. The Balaban J connectivity index is 1.57. The Labute approximate surface area is 106 Å². The molecule has 2 aliphatic heterocycles. The zero-order valence-corrected chi connectivity index (χ0v) is 11.4. The van der Waals surface area contributed by atoms with Crippen LogP contribution >= 0.6 is 0 Å². The number of piperidine rings is 1. The van der Waals surface area contributed by atoms with Crippen LogP contribution in [-0.2, 0) is 0 Å². The standard InChI is InChI=1S/C14H27N3/c1-14(2)11-15-6-5-13(14)17-9-7-16(8-10-17)12-3-4-12/h12-13,15H,3-11H2,1-2H3. The summed E-state index contributed by atoms with van der Waals surface area (Å²) in [5, 5.41) is 3.54. The third kappa shape index (κ3) is 2.51. The van der Waals surface area contributed by atoms with Crippen LogP contribution in [0.15, 0.2) is 0 Å². The van der Waals surface area contributed by atoms with Crippen molar-refractivity contribution in [2.45, 2.75) is 45.2 Å². The minimum atomic E-state index is 0.444. The maximum atomic E-state index is 3.54. The van der Waals surface area contributed by atoms with Crippen LogP contribution in [0.25, 0.3) is 0 Å². The number of nitrogens with zero attached hydrogens (tertiary/aromatic N) is 2. The molecule has 0 amide bonds. The van der Waals surface area contributed by atoms with Crippen LogP contribution in [0.3, 0.4) is 0 Å². The lowest BCUT2D eigenvalue weighted by Crippen LogP contribution is -2.59. The molecule has 3 fully saturated rings. The predicted molar refractivity (Wildman–Crippen MR) is 71.2 cm³/mol. The van der Waals surface area contributed by atoms with Crippen molar-refractivity contribution in [3.8, 4) is 0 Å². The number of hydrogen-bond acceptors (Lipinski definition) is 3. The van der Waals surface area contributed by atoms with Crippen LogP contribution in [0.1, 0.15) is 33.1 Å². The van der Waals surface area contributed by atoms with Crippen LogP contribution < -0.4 is 5.32 Å². The van der Waals surface area contributed by atoms with E-state index < -0.39 is 0 Å². The smallest absolute Gasteiger partial charge is 0.0172 e. The van der Waals surface area contributed by atoms with Gasteiger partial charge in [0.05, 0.1) is 0 Å². The van der Waals surface area contributed by atoms with Gasteiger partial charge in [-0.2, -0.15) is 0 Å². The Hall–Kier alpha value is -0.120. The molecule has 3 rings (SSSR count). The Bertz CT molecular complexity index is 265. The van der Waals surface area contributed by atoms with Gasteiger partial charge in [0.1, 0.15) is 0 Å². The molecular formula is C14H27N3. The minimum Gasteiger partial charge on any atom is -0.316 e. The Morgan fingerprint density at radius 3 is 2.18 bits per heavy atom. The quantitative estimate of drug-likeness (QED) is 0.777.